The summed E-state index contributed by atoms with van der Waals surface area (Å²) in [6.07, 6.45) is 0. The third-order valence-corrected chi connectivity index (χ3v) is 3.39. The number of aryl methyl sites for hydroxylation is 1. The van der Waals surface area contributed by atoms with Crippen LogP contribution in [0, 0.1) is 23.0 Å². The van der Waals surface area contributed by atoms with Gasteiger partial charge in [0.25, 0.3) is 0 Å². The van der Waals surface area contributed by atoms with Gasteiger partial charge in [0.1, 0.15) is 0 Å². The Morgan fingerprint density at radius 3 is 2.19 bits per heavy atom. The minimum atomic E-state index is -1.63. The first-order chi connectivity index (χ1) is 9.79. The van der Waals surface area contributed by atoms with Gasteiger partial charge in [-0.2, -0.15) is 0 Å². The number of nitrogens with zero attached hydrogens (tertiary/aromatic N) is 1. The highest BCUT2D eigenvalue weighted by Crippen LogP contribution is 2.31. The molecule has 0 amide bonds. The summed E-state index contributed by atoms with van der Waals surface area (Å²) in [5.41, 5.74) is 1.35. The van der Waals surface area contributed by atoms with E-state index in [1.54, 1.807) is 24.3 Å². The van der Waals surface area contributed by atoms with E-state index in [2.05, 4.69) is 4.74 Å². The van der Waals surface area contributed by atoms with E-state index >= 15 is 0 Å². The highest BCUT2D eigenvalue weighted by molar-refractivity contribution is 5.95. The van der Waals surface area contributed by atoms with Crippen molar-refractivity contribution in [3.8, 4) is 0 Å². The Labute approximate surface area is 121 Å². The van der Waals surface area contributed by atoms with Gasteiger partial charge in [-0.15, -0.1) is 0 Å². The molecule has 3 unspecified atom stereocenters. The smallest absolute Gasteiger partial charge is 0.320 e. The molecular weight excluding hydrogens is 278 g/mol. The number of hydrogen-bond acceptors (Lipinski definition) is 5. The van der Waals surface area contributed by atoms with Crippen molar-refractivity contribution in [1.29, 1.82) is 0 Å². The number of carbonyl (C=O) groups excluding carboxylic acids is 1. The number of esters is 1. The van der Waals surface area contributed by atoms with Crippen LogP contribution in [0.2, 0.25) is 0 Å². The Morgan fingerprint density at radius 2 is 1.81 bits per heavy atom. The topological polar surface area (TPSA) is 107 Å². The third-order valence-electron chi connectivity index (χ3n) is 3.39. The van der Waals surface area contributed by atoms with E-state index in [-0.39, 0.29) is 0 Å². The molecule has 21 heavy (non-hydrogen) atoms. The van der Waals surface area contributed by atoms with Gasteiger partial charge >= 0.3 is 11.9 Å². The van der Waals surface area contributed by atoms with Gasteiger partial charge in [0.2, 0.25) is 6.04 Å². The molecule has 114 valence electrons. The maximum absolute atomic E-state index is 11.7. The Bertz CT molecular complexity index is 539. The van der Waals surface area contributed by atoms with Gasteiger partial charge in [-0.25, -0.2) is 0 Å². The van der Waals surface area contributed by atoms with Crippen molar-refractivity contribution in [2.24, 2.45) is 5.92 Å². The summed E-state index contributed by atoms with van der Waals surface area (Å²) < 4.78 is 4.49. The number of ether oxygens (including phenoxy) is 1. The second-order valence-corrected chi connectivity index (χ2v) is 4.80. The summed E-state index contributed by atoms with van der Waals surface area (Å²) in [4.78, 5) is 33.6. The normalized spacial score (nSPS) is 14.8. The second-order valence-electron chi connectivity index (χ2n) is 4.80. The molecule has 7 heteroatoms. The molecule has 0 bridgehead atoms. The van der Waals surface area contributed by atoms with E-state index in [0.29, 0.717) is 5.56 Å². The molecule has 3 atom stereocenters. The predicted octanol–water partition coefficient (Wildman–Crippen LogP) is 1.62. The molecule has 0 spiro atoms. The van der Waals surface area contributed by atoms with Crippen molar-refractivity contribution in [2.45, 2.75) is 25.8 Å². The number of benzene rings is 1. The molecule has 0 saturated heterocycles. The number of carboxylic acid groups (broad SMARTS) is 1. The highest BCUT2D eigenvalue weighted by atomic mass is 16.6. The van der Waals surface area contributed by atoms with Gasteiger partial charge in [-0.3, -0.25) is 19.7 Å². The van der Waals surface area contributed by atoms with Crippen molar-refractivity contribution in [2.75, 3.05) is 7.11 Å². The zero-order valence-corrected chi connectivity index (χ0v) is 12.0. The van der Waals surface area contributed by atoms with Crippen LogP contribution in [0.4, 0.5) is 0 Å². The first-order valence-electron chi connectivity index (χ1n) is 6.30. The van der Waals surface area contributed by atoms with Gasteiger partial charge in [0.15, 0.2) is 5.92 Å². The van der Waals surface area contributed by atoms with Gasteiger partial charge in [-0.05, 0) is 12.5 Å². The van der Waals surface area contributed by atoms with Crippen LogP contribution >= 0.6 is 0 Å². The average Bonchev–Trinajstić information content (AvgIpc) is 2.43. The minimum absolute atomic E-state index is 0.419. The molecule has 1 aromatic rings. The molecule has 7 nitrogen and oxygen atoms in total. The van der Waals surface area contributed by atoms with E-state index in [4.69, 9.17) is 0 Å². The van der Waals surface area contributed by atoms with Crippen molar-refractivity contribution < 1.29 is 24.4 Å². The predicted molar refractivity (Wildman–Crippen MR) is 73.5 cm³/mol. The minimum Gasteiger partial charge on any atom is -0.481 e. The molecule has 0 aliphatic carbocycles. The lowest BCUT2D eigenvalue weighted by molar-refractivity contribution is -0.523. The zero-order valence-electron chi connectivity index (χ0n) is 12.0. The molecule has 0 aromatic heterocycles. The maximum atomic E-state index is 11.7. The number of hydrogen-bond donors (Lipinski definition) is 1. The van der Waals surface area contributed by atoms with Crippen LogP contribution in [-0.2, 0) is 14.3 Å². The fraction of sp³-hybridized carbons (Fsp3) is 0.429. The third kappa shape index (κ3) is 3.77. The molecule has 0 aliphatic rings. The van der Waals surface area contributed by atoms with Crippen LogP contribution in [0.15, 0.2) is 24.3 Å². The summed E-state index contributed by atoms with van der Waals surface area (Å²) in [6.45, 7) is 3.12. The maximum Gasteiger partial charge on any atom is 0.320 e. The Balaban J connectivity index is 3.35. The number of carbonyl (C=O) groups is 2. The van der Waals surface area contributed by atoms with Crippen LogP contribution in [0.3, 0.4) is 0 Å². The summed E-state index contributed by atoms with van der Waals surface area (Å²) in [6, 6.07) is 5.38. The number of rotatable bonds is 6. The Kier molecular flexibility index (Phi) is 5.40. The van der Waals surface area contributed by atoms with Gasteiger partial charge in [-0.1, -0.05) is 29.8 Å². The van der Waals surface area contributed by atoms with Crippen LogP contribution in [0.1, 0.15) is 24.0 Å². The van der Waals surface area contributed by atoms with E-state index in [1.807, 2.05) is 6.92 Å². The Hall–Kier alpha value is -2.44. The number of nitro groups is 1. The van der Waals surface area contributed by atoms with Crippen LogP contribution in [0.5, 0.6) is 0 Å². The van der Waals surface area contributed by atoms with E-state index < -0.39 is 34.7 Å². The van der Waals surface area contributed by atoms with Crippen LogP contribution < -0.4 is 0 Å². The number of aliphatic carboxylic acids is 1. The molecule has 0 radical (unpaired) electrons. The lowest BCUT2D eigenvalue weighted by Crippen LogP contribution is -2.39. The van der Waals surface area contributed by atoms with E-state index in [9.17, 15) is 24.8 Å². The fourth-order valence-electron chi connectivity index (χ4n) is 2.20. The average molecular weight is 295 g/mol. The molecule has 0 heterocycles. The lowest BCUT2D eigenvalue weighted by Gasteiger charge is -2.23. The monoisotopic (exact) mass is 295 g/mol. The molecule has 0 aliphatic heterocycles. The standard InChI is InChI=1S/C14H17NO6/c1-8-4-6-10(7-5-8)11(9(2)15(19)20)12(13(16)17)14(18)21-3/h4-7,9,11-12H,1-3H3,(H,16,17). The quantitative estimate of drug-likeness (QED) is 0.370. The SMILES string of the molecule is COC(=O)C(C(=O)O)C(c1ccc(C)cc1)C(C)[N+](=O)[O-]. The molecule has 0 saturated carbocycles. The molecule has 1 rings (SSSR count). The van der Waals surface area contributed by atoms with Crippen LogP contribution in [-0.4, -0.2) is 35.1 Å². The molecule has 1 N–H and O–H groups in total. The molecular formula is C14H17NO6. The molecule has 1 aromatic carbocycles. The van der Waals surface area contributed by atoms with Crippen LogP contribution in [0.25, 0.3) is 0 Å². The van der Waals surface area contributed by atoms with Gasteiger partial charge in [0.05, 0.1) is 13.0 Å². The van der Waals surface area contributed by atoms with Crippen molar-refractivity contribution >= 4 is 11.9 Å². The van der Waals surface area contributed by atoms with E-state index in [0.717, 1.165) is 12.7 Å². The van der Waals surface area contributed by atoms with Crippen molar-refractivity contribution in [1.82, 2.24) is 0 Å². The first kappa shape index (κ1) is 16.6. The first-order valence-corrected chi connectivity index (χ1v) is 6.30. The van der Waals surface area contributed by atoms with Gasteiger partial charge < -0.3 is 9.84 Å². The number of carboxylic acids is 1. The second kappa shape index (κ2) is 6.83. The summed E-state index contributed by atoms with van der Waals surface area (Å²) in [7, 11) is 1.06. The highest BCUT2D eigenvalue weighted by Gasteiger charge is 2.44. The lowest BCUT2D eigenvalue weighted by atomic mass is 9.81. The van der Waals surface area contributed by atoms with E-state index in [1.165, 1.54) is 6.92 Å². The zero-order chi connectivity index (χ0) is 16.2. The number of methoxy groups -OCH3 is 1. The molecule has 0 fully saturated rings. The summed E-state index contributed by atoms with van der Waals surface area (Å²) in [5, 5.41) is 20.3. The summed E-state index contributed by atoms with van der Waals surface area (Å²) >= 11 is 0. The Morgan fingerprint density at radius 1 is 1.29 bits per heavy atom. The van der Waals surface area contributed by atoms with Crippen molar-refractivity contribution in [3.63, 3.8) is 0 Å². The summed E-state index contributed by atoms with van der Waals surface area (Å²) in [5.74, 6) is -5.17. The van der Waals surface area contributed by atoms with Crippen molar-refractivity contribution in [3.05, 3.63) is 45.5 Å². The van der Waals surface area contributed by atoms with Gasteiger partial charge in [0, 0.05) is 11.8 Å². The fourth-order valence-corrected chi connectivity index (χ4v) is 2.20. The largest absolute Gasteiger partial charge is 0.481 e.